The molecule has 0 atom stereocenters. The van der Waals surface area contributed by atoms with E-state index < -0.39 is 10.0 Å². The number of Topliss-reactive ketones (excluding diaryl/α,β-unsaturated/α-hetero) is 1. The summed E-state index contributed by atoms with van der Waals surface area (Å²) < 4.78 is 39.5. The molecule has 7 heteroatoms. The number of anilines is 1. The van der Waals surface area contributed by atoms with Crippen molar-refractivity contribution in [3.05, 3.63) is 53.6 Å². The topological polar surface area (TPSA) is 68.2 Å². The second-order valence-corrected chi connectivity index (χ2v) is 6.56. The van der Waals surface area contributed by atoms with Crippen molar-refractivity contribution >= 4 is 21.5 Å². The average molecular weight is 310 g/mol. The van der Waals surface area contributed by atoms with Crippen LogP contribution in [0.5, 0.6) is 0 Å². The summed E-state index contributed by atoms with van der Waals surface area (Å²) in [6, 6.07) is 5.96. The molecule has 0 saturated heterocycles. The van der Waals surface area contributed by atoms with Crippen molar-refractivity contribution in [2.75, 3.05) is 11.0 Å². The number of aromatic nitrogens is 1. The van der Waals surface area contributed by atoms with Crippen molar-refractivity contribution in [3.8, 4) is 0 Å². The zero-order valence-corrected chi connectivity index (χ0v) is 12.4. The third-order valence-corrected chi connectivity index (χ3v) is 3.42. The van der Waals surface area contributed by atoms with Crippen LogP contribution < -0.4 is 4.72 Å². The molecule has 0 fully saturated rings. The molecular formula is C14H15FN2O3S. The Morgan fingerprint density at radius 2 is 1.86 bits per heavy atom. The second-order valence-electron chi connectivity index (χ2n) is 4.81. The highest BCUT2D eigenvalue weighted by molar-refractivity contribution is 7.92. The van der Waals surface area contributed by atoms with Crippen molar-refractivity contribution in [1.82, 2.24) is 4.57 Å². The van der Waals surface area contributed by atoms with Gasteiger partial charge in [0.1, 0.15) is 5.82 Å². The molecule has 2 rings (SSSR count). The molecule has 1 aromatic carbocycles. The minimum Gasteiger partial charge on any atom is -0.347 e. The number of benzene rings is 1. The Bertz CT molecular complexity index is 764. The van der Waals surface area contributed by atoms with E-state index in [9.17, 15) is 17.6 Å². The summed E-state index contributed by atoms with van der Waals surface area (Å²) in [6.45, 7) is 1.77. The monoisotopic (exact) mass is 310 g/mol. The number of hydrogen-bond acceptors (Lipinski definition) is 3. The molecular weight excluding hydrogens is 295 g/mol. The van der Waals surface area contributed by atoms with E-state index in [0.29, 0.717) is 12.1 Å². The average Bonchev–Trinajstić information content (AvgIpc) is 2.72. The Hall–Kier alpha value is -2.15. The second kappa shape index (κ2) is 5.69. The fraction of sp³-hybridized carbons (Fsp3) is 0.214. The van der Waals surface area contributed by atoms with Gasteiger partial charge in [0.05, 0.1) is 17.5 Å². The summed E-state index contributed by atoms with van der Waals surface area (Å²) in [5.74, 6) is -0.561. The molecule has 1 aromatic heterocycles. The Balaban J connectivity index is 2.31. The van der Waals surface area contributed by atoms with Gasteiger partial charge in [-0.05, 0) is 24.6 Å². The molecule has 21 heavy (non-hydrogen) atoms. The zero-order valence-electron chi connectivity index (χ0n) is 11.6. The Labute approximate surface area is 122 Å². The first-order valence-corrected chi connectivity index (χ1v) is 8.07. The maximum absolute atomic E-state index is 12.9. The van der Waals surface area contributed by atoms with Crippen molar-refractivity contribution in [1.29, 1.82) is 0 Å². The molecule has 1 N–H and O–H groups in total. The fourth-order valence-corrected chi connectivity index (χ4v) is 2.52. The summed E-state index contributed by atoms with van der Waals surface area (Å²) >= 11 is 0. The quantitative estimate of drug-likeness (QED) is 0.861. The summed E-state index contributed by atoms with van der Waals surface area (Å²) in [6.07, 6.45) is 4.13. The standard InChI is InChI=1S/C14H15FN2O3S/c1-10(18)13-8-17(9-14(13)16-21(2,19)20)7-11-3-5-12(15)6-4-11/h3-6,8-9,16H,7H2,1-2H3. The van der Waals surface area contributed by atoms with Crippen LogP contribution in [0.2, 0.25) is 0 Å². The maximum atomic E-state index is 12.9. The number of carbonyl (C=O) groups is 1. The zero-order chi connectivity index (χ0) is 15.6. The number of ketones is 1. The minimum absolute atomic E-state index is 0.237. The van der Waals surface area contributed by atoms with E-state index in [1.54, 1.807) is 29.1 Å². The summed E-state index contributed by atoms with van der Waals surface area (Å²) in [7, 11) is -3.46. The van der Waals surface area contributed by atoms with Gasteiger partial charge < -0.3 is 4.57 Å². The van der Waals surface area contributed by atoms with E-state index in [-0.39, 0.29) is 17.3 Å². The van der Waals surface area contributed by atoms with Crippen LogP contribution in [0.25, 0.3) is 0 Å². The number of rotatable bonds is 5. The smallest absolute Gasteiger partial charge is 0.229 e. The lowest BCUT2D eigenvalue weighted by atomic mass is 10.2. The molecule has 0 amide bonds. The number of sulfonamides is 1. The van der Waals surface area contributed by atoms with Crippen LogP contribution in [0.15, 0.2) is 36.7 Å². The highest BCUT2D eigenvalue weighted by Crippen LogP contribution is 2.20. The number of nitrogens with one attached hydrogen (secondary N) is 1. The van der Waals surface area contributed by atoms with Gasteiger partial charge in [-0.2, -0.15) is 0 Å². The molecule has 112 valence electrons. The van der Waals surface area contributed by atoms with Crippen LogP contribution in [0, 0.1) is 5.82 Å². The number of hydrogen-bond donors (Lipinski definition) is 1. The first-order valence-electron chi connectivity index (χ1n) is 6.17. The number of nitrogens with zero attached hydrogens (tertiary/aromatic N) is 1. The molecule has 0 spiro atoms. The fourth-order valence-electron chi connectivity index (χ4n) is 1.96. The van der Waals surface area contributed by atoms with Gasteiger partial charge in [0, 0.05) is 18.9 Å². The highest BCUT2D eigenvalue weighted by atomic mass is 32.2. The van der Waals surface area contributed by atoms with Gasteiger partial charge in [0.2, 0.25) is 10.0 Å². The molecule has 0 aliphatic rings. The van der Waals surface area contributed by atoms with Gasteiger partial charge in [0.25, 0.3) is 0 Å². The maximum Gasteiger partial charge on any atom is 0.229 e. The normalized spacial score (nSPS) is 11.4. The van der Waals surface area contributed by atoms with E-state index in [4.69, 9.17) is 0 Å². The van der Waals surface area contributed by atoms with Crippen LogP contribution in [0.3, 0.4) is 0 Å². The largest absolute Gasteiger partial charge is 0.347 e. The molecule has 1 heterocycles. The Morgan fingerprint density at radius 1 is 1.24 bits per heavy atom. The summed E-state index contributed by atoms with van der Waals surface area (Å²) in [5.41, 5.74) is 1.38. The summed E-state index contributed by atoms with van der Waals surface area (Å²) in [4.78, 5) is 11.6. The van der Waals surface area contributed by atoms with Gasteiger partial charge in [-0.1, -0.05) is 12.1 Å². The first-order chi connectivity index (χ1) is 9.74. The lowest BCUT2D eigenvalue weighted by Gasteiger charge is -2.03. The van der Waals surface area contributed by atoms with Crippen LogP contribution >= 0.6 is 0 Å². The van der Waals surface area contributed by atoms with Crippen molar-refractivity contribution in [2.45, 2.75) is 13.5 Å². The third kappa shape index (κ3) is 4.16. The lowest BCUT2D eigenvalue weighted by molar-refractivity contribution is 0.101. The van der Waals surface area contributed by atoms with Crippen molar-refractivity contribution in [2.24, 2.45) is 0 Å². The van der Waals surface area contributed by atoms with Crippen molar-refractivity contribution < 1.29 is 17.6 Å². The van der Waals surface area contributed by atoms with Crippen LogP contribution in [0.1, 0.15) is 22.8 Å². The molecule has 0 radical (unpaired) electrons. The molecule has 2 aromatic rings. The van der Waals surface area contributed by atoms with Crippen LogP contribution in [0.4, 0.5) is 10.1 Å². The number of halogens is 1. The van der Waals surface area contributed by atoms with E-state index in [0.717, 1.165) is 11.8 Å². The molecule has 0 unspecified atom stereocenters. The van der Waals surface area contributed by atoms with E-state index >= 15 is 0 Å². The molecule has 0 saturated carbocycles. The predicted molar refractivity (Wildman–Crippen MR) is 78.4 cm³/mol. The molecule has 0 aliphatic carbocycles. The molecule has 5 nitrogen and oxygen atoms in total. The van der Waals surface area contributed by atoms with Gasteiger partial charge in [-0.3, -0.25) is 9.52 Å². The van der Waals surface area contributed by atoms with Crippen molar-refractivity contribution in [3.63, 3.8) is 0 Å². The molecule has 0 bridgehead atoms. The molecule has 0 aliphatic heterocycles. The number of carbonyl (C=O) groups excluding carboxylic acids is 1. The third-order valence-electron chi connectivity index (χ3n) is 2.83. The Morgan fingerprint density at radius 3 is 2.38 bits per heavy atom. The van der Waals surface area contributed by atoms with Gasteiger partial charge in [-0.15, -0.1) is 0 Å². The first kappa shape index (κ1) is 15.2. The van der Waals surface area contributed by atoms with Crippen LogP contribution in [-0.2, 0) is 16.6 Å². The SMILES string of the molecule is CC(=O)c1cn(Cc2ccc(F)cc2)cc1NS(C)(=O)=O. The highest BCUT2D eigenvalue weighted by Gasteiger charge is 2.14. The van der Waals surface area contributed by atoms with E-state index in [1.807, 2.05) is 0 Å². The minimum atomic E-state index is -3.46. The predicted octanol–water partition coefficient (Wildman–Crippen LogP) is 2.25. The van der Waals surface area contributed by atoms with E-state index in [2.05, 4.69) is 4.72 Å². The lowest BCUT2D eigenvalue weighted by Crippen LogP contribution is -2.11. The van der Waals surface area contributed by atoms with Gasteiger partial charge in [0.15, 0.2) is 5.78 Å². The Kier molecular flexibility index (Phi) is 4.13. The van der Waals surface area contributed by atoms with Gasteiger partial charge >= 0.3 is 0 Å². The summed E-state index contributed by atoms with van der Waals surface area (Å²) in [5, 5.41) is 0. The van der Waals surface area contributed by atoms with Gasteiger partial charge in [-0.25, -0.2) is 12.8 Å². The van der Waals surface area contributed by atoms with E-state index in [1.165, 1.54) is 19.1 Å². The van der Waals surface area contributed by atoms with Crippen LogP contribution in [-0.4, -0.2) is 25.0 Å².